The van der Waals surface area contributed by atoms with Crippen molar-refractivity contribution in [3.8, 4) is 17.2 Å². The van der Waals surface area contributed by atoms with Gasteiger partial charge in [0.2, 0.25) is 0 Å². The summed E-state index contributed by atoms with van der Waals surface area (Å²) in [5, 5.41) is 2.81. The summed E-state index contributed by atoms with van der Waals surface area (Å²) in [6.07, 6.45) is 0. The van der Waals surface area contributed by atoms with Gasteiger partial charge in [-0.15, -0.1) is 0 Å². The van der Waals surface area contributed by atoms with E-state index in [2.05, 4.69) is 26.0 Å². The van der Waals surface area contributed by atoms with Gasteiger partial charge in [-0.2, -0.15) is 8.78 Å². The molecule has 0 aliphatic rings. The standard InChI is InChI=1S/C18H18BrF2NO4/c1-10(11-5-4-6-13(7-11)26-18(20)21)22-17(23)12-8-14(24-2)16(19)15(9-12)25-3/h4-10,18H,1-3H3,(H,22,23). The van der Waals surface area contributed by atoms with Crippen molar-refractivity contribution in [2.45, 2.75) is 19.6 Å². The summed E-state index contributed by atoms with van der Waals surface area (Å²) in [5.41, 5.74) is 0.973. The van der Waals surface area contributed by atoms with E-state index in [4.69, 9.17) is 9.47 Å². The molecule has 0 aliphatic carbocycles. The number of nitrogens with one attached hydrogen (secondary N) is 1. The van der Waals surface area contributed by atoms with Gasteiger partial charge < -0.3 is 19.5 Å². The number of benzene rings is 2. The molecule has 5 nitrogen and oxygen atoms in total. The van der Waals surface area contributed by atoms with Gasteiger partial charge in [-0.3, -0.25) is 4.79 Å². The summed E-state index contributed by atoms with van der Waals surface area (Å²) < 4.78 is 40.1. The lowest BCUT2D eigenvalue weighted by molar-refractivity contribution is -0.0499. The third kappa shape index (κ3) is 4.85. The average Bonchev–Trinajstić information content (AvgIpc) is 2.61. The van der Waals surface area contributed by atoms with Gasteiger partial charge >= 0.3 is 6.61 Å². The van der Waals surface area contributed by atoms with Gasteiger partial charge in [0.05, 0.1) is 20.3 Å². The topological polar surface area (TPSA) is 56.8 Å². The second kappa shape index (κ2) is 8.84. The van der Waals surface area contributed by atoms with E-state index >= 15 is 0 Å². The maximum absolute atomic E-state index is 12.5. The lowest BCUT2D eigenvalue weighted by atomic mass is 10.1. The Morgan fingerprint density at radius 1 is 1.12 bits per heavy atom. The van der Waals surface area contributed by atoms with E-state index in [1.807, 2.05) is 0 Å². The fourth-order valence-corrected chi connectivity index (χ4v) is 2.88. The van der Waals surface area contributed by atoms with E-state index in [9.17, 15) is 13.6 Å². The maximum Gasteiger partial charge on any atom is 0.387 e. The predicted molar refractivity (Wildman–Crippen MR) is 96.2 cm³/mol. The largest absolute Gasteiger partial charge is 0.495 e. The van der Waals surface area contributed by atoms with Gasteiger partial charge in [0.25, 0.3) is 5.91 Å². The molecule has 140 valence electrons. The molecule has 0 bridgehead atoms. The van der Waals surface area contributed by atoms with E-state index in [0.717, 1.165) is 0 Å². The molecule has 2 aromatic rings. The quantitative estimate of drug-likeness (QED) is 0.700. The number of carbonyl (C=O) groups excluding carboxylic acids is 1. The smallest absolute Gasteiger partial charge is 0.387 e. The summed E-state index contributed by atoms with van der Waals surface area (Å²) in [6, 6.07) is 8.90. The van der Waals surface area contributed by atoms with Crippen molar-refractivity contribution in [2.75, 3.05) is 14.2 Å². The molecular weight excluding hydrogens is 412 g/mol. The normalized spacial score (nSPS) is 11.8. The molecule has 0 aromatic heterocycles. The van der Waals surface area contributed by atoms with E-state index in [-0.39, 0.29) is 11.7 Å². The first-order valence-electron chi connectivity index (χ1n) is 7.62. The molecule has 26 heavy (non-hydrogen) atoms. The highest BCUT2D eigenvalue weighted by molar-refractivity contribution is 9.10. The molecule has 0 saturated heterocycles. The zero-order chi connectivity index (χ0) is 19.3. The van der Waals surface area contributed by atoms with Gasteiger partial charge in [-0.05, 0) is 52.7 Å². The molecule has 1 unspecified atom stereocenters. The van der Waals surface area contributed by atoms with Gasteiger partial charge in [-0.1, -0.05) is 12.1 Å². The molecular formula is C18H18BrF2NO4. The van der Waals surface area contributed by atoms with E-state index in [1.54, 1.807) is 31.2 Å². The third-order valence-corrected chi connectivity index (χ3v) is 4.42. The number of rotatable bonds is 7. The van der Waals surface area contributed by atoms with Gasteiger partial charge in [0.1, 0.15) is 21.7 Å². The highest BCUT2D eigenvalue weighted by Crippen LogP contribution is 2.35. The second-order valence-corrected chi connectivity index (χ2v) is 6.13. The van der Waals surface area contributed by atoms with Crippen LogP contribution in [0.3, 0.4) is 0 Å². The number of carbonyl (C=O) groups is 1. The average molecular weight is 430 g/mol. The molecule has 0 saturated carbocycles. The zero-order valence-electron chi connectivity index (χ0n) is 14.4. The third-order valence-electron chi connectivity index (χ3n) is 3.64. The second-order valence-electron chi connectivity index (χ2n) is 5.34. The van der Waals surface area contributed by atoms with Crippen LogP contribution in [-0.2, 0) is 0 Å². The van der Waals surface area contributed by atoms with Crippen molar-refractivity contribution < 1.29 is 27.8 Å². The van der Waals surface area contributed by atoms with Crippen LogP contribution >= 0.6 is 15.9 Å². The molecule has 0 aliphatic heterocycles. The zero-order valence-corrected chi connectivity index (χ0v) is 16.0. The van der Waals surface area contributed by atoms with E-state index in [1.165, 1.54) is 26.4 Å². The van der Waals surface area contributed by atoms with E-state index < -0.39 is 12.7 Å². The fourth-order valence-electron chi connectivity index (χ4n) is 2.32. The number of ether oxygens (including phenoxy) is 3. The van der Waals surface area contributed by atoms with Crippen LogP contribution in [0.1, 0.15) is 28.9 Å². The summed E-state index contributed by atoms with van der Waals surface area (Å²) >= 11 is 3.34. The number of hydrogen-bond donors (Lipinski definition) is 1. The molecule has 0 spiro atoms. The van der Waals surface area contributed by atoms with Crippen molar-refractivity contribution in [2.24, 2.45) is 0 Å². The summed E-state index contributed by atoms with van der Waals surface area (Å²) in [5.74, 6) is 0.580. The van der Waals surface area contributed by atoms with Crippen molar-refractivity contribution in [3.05, 3.63) is 52.0 Å². The van der Waals surface area contributed by atoms with Gasteiger partial charge in [0.15, 0.2) is 0 Å². The Labute approximate surface area is 158 Å². The van der Waals surface area contributed by atoms with Gasteiger partial charge in [-0.25, -0.2) is 0 Å². The molecule has 0 heterocycles. The first-order valence-corrected chi connectivity index (χ1v) is 8.42. The van der Waals surface area contributed by atoms with Gasteiger partial charge in [0, 0.05) is 5.56 Å². The molecule has 2 aromatic carbocycles. The molecule has 1 N–H and O–H groups in total. The molecule has 1 amide bonds. The van der Waals surface area contributed by atoms with Crippen LogP contribution in [0.2, 0.25) is 0 Å². The fraction of sp³-hybridized carbons (Fsp3) is 0.278. The Morgan fingerprint density at radius 2 is 1.73 bits per heavy atom. The highest BCUT2D eigenvalue weighted by Gasteiger charge is 2.17. The lowest BCUT2D eigenvalue weighted by Gasteiger charge is -2.17. The predicted octanol–water partition coefficient (Wildman–Crippen LogP) is 4.56. The maximum atomic E-state index is 12.5. The van der Waals surface area contributed by atoms with Crippen LogP contribution in [0.15, 0.2) is 40.9 Å². The van der Waals surface area contributed by atoms with Crippen molar-refractivity contribution in [1.29, 1.82) is 0 Å². The van der Waals surface area contributed by atoms with Crippen LogP contribution in [0.5, 0.6) is 17.2 Å². The highest BCUT2D eigenvalue weighted by atomic mass is 79.9. The molecule has 8 heteroatoms. The van der Waals surface area contributed by atoms with Crippen LogP contribution in [0.4, 0.5) is 8.78 Å². The van der Waals surface area contributed by atoms with Crippen LogP contribution < -0.4 is 19.5 Å². The minimum absolute atomic E-state index is 0.0329. The molecule has 1 atom stereocenters. The minimum atomic E-state index is -2.90. The van der Waals surface area contributed by atoms with E-state index in [0.29, 0.717) is 27.1 Å². The molecule has 0 fully saturated rings. The number of amides is 1. The monoisotopic (exact) mass is 429 g/mol. The molecule has 0 radical (unpaired) electrons. The van der Waals surface area contributed by atoms with Crippen molar-refractivity contribution in [3.63, 3.8) is 0 Å². The van der Waals surface area contributed by atoms with Crippen molar-refractivity contribution >= 4 is 21.8 Å². The Morgan fingerprint density at radius 3 is 2.27 bits per heavy atom. The Balaban J connectivity index is 2.19. The summed E-state index contributed by atoms with van der Waals surface area (Å²) in [4.78, 5) is 12.5. The number of alkyl halides is 2. The first kappa shape index (κ1) is 20.0. The SMILES string of the molecule is COc1cc(C(=O)NC(C)c2cccc(OC(F)F)c2)cc(OC)c1Br. The minimum Gasteiger partial charge on any atom is -0.495 e. The van der Waals surface area contributed by atoms with Crippen LogP contribution in [-0.4, -0.2) is 26.7 Å². The Hall–Kier alpha value is -2.35. The van der Waals surface area contributed by atoms with Crippen LogP contribution in [0, 0.1) is 0 Å². The molecule has 2 rings (SSSR count). The lowest BCUT2D eigenvalue weighted by Crippen LogP contribution is -2.26. The Kier molecular flexibility index (Phi) is 6.79. The Bertz CT molecular complexity index is 761. The number of methoxy groups -OCH3 is 2. The van der Waals surface area contributed by atoms with Crippen LogP contribution in [0.25, 0.3) is 0 Å². The first-order chi connectivity index (χ1) is 12.3. The summed E-state index contributed by atoms with van der Waals surface area (Å²) in [6.45, 7) is -1.16. The number of hydrogen-bond acceptors (Lipinski definition) is 4. The summed E-state index contributed by atoms with van der Waals surface area (Å²) in [7, 11) is 2.97. The number of halogens is 3. The van der Waals surface area contributed by atoms with Crippen molar-refractivity contribution in [1.82, 2.24) is 5.32 Å².